The predicted octanol–water partition coefficient (Wildman–Crippen LogP) is 3.34. The minimum Gasteiger partial charge on any atom is -0.385 e. The van der Waals surface area contributed by atoms with Crippen LogP contribution in [-0.4, -0.2) is 17.3 Å². The lowest BCUT2D eigenvalue weighted by Gasteiger charge is -2.37. The number of benzene rings is 1. The third kappa shape index (κ3) is 2.08. The Morgan fingerprint density at radius 1 is 1.11 bits per heavy atom. The van der Waals surface area contributed by atoms with E-state index in [-0.39, 0.29) is 12.2 Å². The molecule has 0 amide bonds. The van der Waals surface area contributed by atoms with E-state index in [2.05, 4.69) is 38.1 Å². The van der Waals surface area contributed by atoms with Crippen LogP contribution in [0.25, 0.3) is 0 Å². The van der Waals surface area contributed by atoms with Gasteiger partial charge in [0, 0.05) is 12.8 Å². The molecule has 18 heavy (non-hydrogen) atoms. The molecule has 1 aromatic carbocycles. The van der Waals surface area contributed by atoms with Gasteiger partial charge in [-0.15, -0.1) is 0 Å². The SMILES string of the molecule is CC(C)c1ccc(C2(O)CC3CCC(C2)O3)cc1. The summed E-state index contributed by atoms with van der Waals surface area (Å²) in [5.41, 5.74) is 1.73. The second kappa shape index (κ2) is 4.36. The van der Waals surface area contributed by atoms with Gasteiger partial charge < -0.3 is 9.84 Å². The summed E-state index contributed by atoms with van der Waals surface area (Å²) in [4.78, 5) is 0. The van der Waals surface area contributed by atoms with Crippen molar-refractivity contribution < 1.29 is 9.84 Å². The third-order valence-electron chi connectivity index (χ3n) is 4.44. The van der Waals surface area contributed by atoms with Crippen molar-refractivity contribution in [3.63, 3.8) is 0 Å². The van der Waals surface area contributed by atoms with Crippen LogP contribution in [0.1, 0.15) is 56.6 Å². The molecule has 0 saturated carbocycles. The van der Waals surface area contributed by atoms with E-state index in [1.165, 1.54) is 5.56 Å². The fraction of sp³-hybridized carbons (Fsp3) is 0.625. The summed E-state index contributed by atoms with van der Waals surface area (Å²) in [6.45, 7) is 4.39. The van der Waals surface area contributed by atoms with E-state index in [9.17, 15) is 5.11 Å². The zero-order chi connectivity index (χ0) is 12.8. The van der Waals surface area contributed by atoms with Crippen molar-refractivity contribution in [3.05, 3.63) is 35.4 Å². The Morgan fingerprint density at radius 3 is 2.17 bits per heavy atom. The lowest BCUT2D eigenvalue weighted by Crippen LogP contribution is -2.38. The van der Waals surface area contributed by atoms with Crippen LogP contribution >= 0.6 is 0 Å². The smallest absolute Gasteiger partial charge is 0.0945 e. The molecule has 2 bridgehead atoms. The Bertz CT molecular complexity index is 409. The van der Waals surface area contributed by atoms with E-state index >= 15 is 0 Å². The maximum atomic E-state index is 10.9. The number of hydrogen-bond acceptors (Lipinski definition) is 2. The molecule has 2 fully saturated rings. The predicted molar refractivity (Wildman–Crippen MR) is 71.6 cm³/mol. The second-order valence-electron chi connectivity index (χ2n) is 6.17. The summed E-state index contributed by atoms with van der Waals surface area (Å²) in [7, 11) is 0. The molecule has 2 heterocycles. The van der Waals surface area contributed by atoms with Crippen LogP contribution < -0.4 is 0 Å². The summed E-state index contributed by atoms with van der Waals surface area (Å²) >= 11 is 0. The second-order valence-corrected chi connectivity index (χ2v) is 6.17. The van der Waals surface area contributed by atoms with Gasteiger partial charge in [-0.2, -0.15) is 0 Å². The highest BCUT2D eigenvalue weighted by Gasteiger charge is 2.44. The zero-order valence-corrected chi connectivity index (χ0v) is 11.2. The monoisotopic (exact) mass is 246 g/mol. The van der Waals surface area contributed by atoms with E-state index in [0.717, 1.165) is 31.2 Å². The number of hydrogen-bond donors (Lipinski definition) is 1. The molecule has 0 aliphatic carbocycles. The summed E-state index contributed by atoms with van der Waals surface area (Å²) in [6.07, 6.45) is 4.25. The molecule has 1 aromatic rings. The van der Waals surface area contributed by atoms with Crippen molar-refractivity contribution in [3.8, 4) is 0 Å². The molecule has 98 valence electrons. The summed E-state index contributed by atoms with van der Waals surface area (Å²) in [6, 6.07) is 8.49. The summed E-state index contributed by atoms with van der Waals surface area (Å²) in [5.74, 6) is 0.541. The van der Waals surface area contributed by atoms with Crippen LogP contribution in [0.15, 0.2) is 24.3 Å². The maximum absolute atomic E-state index is 10.9. The van der Waals surface area contributed by atoms with Gasteiger partial charge in [-0.3, -0.25) is 0 Å². The van der Waals surface area contributed by atoms with Crippen molar-refractivity contribution in [1.29, 1.82) is 0 Å². The molecule has 0 radical (unpaired) electrons. The average molecular weight is 246 g/mol. The van der Waals surface area contributed by atoms with Gasteiger partial charge in [0.1, 0.15) is 0 Å². The molecular formula is C16H22O2. The van der Waals surface area contributed by atoms with Crippen molar-refractivity contribution in [2.45, 2.75) is 63.3 Å². The molecule has 3 rings (SSSR count). The Morgan fingerprint density at radius 2 is 1.67 bits per heavy atom. The minimum absolute atomic E-state index is 0.263. The molecule has 0 aromatic heterocycles. The lowest BCUT2D eigenvalue weighted by atomic mass is 9.83. The standard InChI is InChI=1S/C16H22O2/c1-11(2)12-3-5-13(6-4-12)16(17)9-14-7-8-15(10-16)18-14/h3-6,11,14-15,17H,7-10H2,1-2H3. The van der Waals surface area contributed by atoms with E-state index in [1.54, 1.807) is 0 Å². The largest absolute Gasteiger partial charge is 0.385 e. The topological polar surface area (TPSA) is 29.5 Å². The molecule has 2 heteroatoms. The highest BCUT2D eigenvalue weighted by Crippen LogP contribution is 2.43. The van der Waals surface area contributed by atoms with E-state index in [0.29, 0.717) is 5.92 Å². The molecule has 2 nitrogen and oxygen atoms in total. The first kappa shape index (κ1) is 12.2. The molecule has 2 aliphatic heterocycles. The van der Waals surface area contributed by atoms with Gasteiger partial charge in [-0.1, -0.05) is 38.1 Å². The lowest BCUT2D eigenvalue weighted by molar-refractivity contribution is -0.115. The Labute approximate surface area is 109 Å². The first-order chi connectivity index (χ1) is 8.57. The fourth-order valence-electron chi connectivity index (χ4n) is 3.33. The van der Waals surface area contributed by atoms with Crippen LogP contribution in [0.2, 0.25) is 0 Å². The van der Waals surface area contributed by atoms with Gasteiger partial charge in [-0.25, -0.2) is 0 Å². The molecule has 0 spiro atoms. The first-order valence-electron chi connectivity index (χ1n) is 7.05. The van der Waals surface area contributed by atoms with Gasteiger partial charge in [0.2, 0.25) is 0 Å². The van der Waals surface area contributed by atoms with Gasteiger partial charge in [0.15, 0.2) is 0 Å². The van der Waals surface area contributed by atoms with Crippen molar-refractivity contribution in [2.75, 3.05) is 0 Å². The molecular weight excluding hydrogens is 224 g/mol. The molecule has 2 aliphatic rings. The molecule has 2 unspecified atom stereocenters. The average Bonchev–Trinajstić information content (AvgIpc) is 2.69. The van der Waals surface area contributed by atoms with Gasteiger partial charge in [0.05, 0.1) is 17.8 Å². The molecule has 2 saturated heterocycles. The van der Waals surface area contributed by atoms with Crippen LogP contribution in [0.5, 0.6) is 0 Å². The quantitative estimate of drug-likeness (QED) is 0.867. The summed E-state index contributed by atoms with van der Waals surface area (Å²) in [5, 5.41) is 10.9. The number of fused-ring (bicyclic) bond motifs is 2. The van der Waals surface area contributed by atoms with Crippen molar-refractivity contribution in [1.82, 2.24) is 0 Å². The van der Waals surface area contributed by atoms with E-state index in [4.69, 9.17) is 4.74 Å². The minimum atomic E-state index is -0.667. The third-order valence-corrected chi connectivity index (χ3v) is 4.44. The van der Waals surface area contributed by atoms with Crippen LogP contribution in [0, 0.1) is 0 Å². The van der Waals surface area contributed by atoms with Gasteiger partial charge in [0.25, 0.3) is 0 Å². The zero-order valence-electron chi connectivity index (χ0n) is 11.2. The van der Waals surface area contributed by atoms with Gasteiger partial charge >= 0.3 is 0 Å². The van der Waals surface area contributed by atoms with Crippen LogP contribution in [0.4, 0.5) is 0 Å². The normalized spacial score (nSPS) is 35.1. The van der Waals surface area contributed by atoms with Crippen molar-refractivity contribution in [2.24, 2.45) is 0 Å². The Hall–Kier alpha value is -0.860. The highest BCUT2D eigenvalue weighted by atomic mass is 16.5. The van der Waals surface area contributed by atoms with Gasteiger partial charge in [-0.05, 0) is 29.9 Å². The van der Waals surface area contributed by atoms with E-state index < -0.39 is 5.60 Å². The van der Waals surface area contributed by atoms with Crippen LogP contribution in [0.3, 0.4) is 0 Å². The maximum Gasteiger partial charge on any atom is 0.0945 e. The first-order valence-corrected chi connectivity index (χ1v) is 7.05. The highest BCUT2D eigenvalue weighted by molar-refractivity contribution is 5.29. The van der Waals surface area contributed by atoms with Crippen LogP contribution in [-0.2, 0) is 10.3 Å². The number of ether oxygens (including phenoxy) is 1. The fourth-order valence-corrected chi connectivity index (χ4v) is 3.33. The summed E-state index contributed by atoms with van der Waals surface area (Å²) < 4.78 is 5.82. The Kier molecular flexibility index (Phi) is 2.95. The van der Waals surface area contributed by atoms with Crippen molar-refractivity contribution >= 4 is 0 Å². The molecule has 1 N–H and O–H groups in total. The molecule has 2 atom stereocenters. The number of rotatable bonds is 2. The van der Waals surface area contributed by atoms with E-state index in [1.807, 2.05) is 0 Å². The Balaban J connectivity index is 1.85. The number of aliphatic hydroxyl groups is 1.